The molecule has 0 bridgehead atoms. The van der Waals surface area contributed by atoms with Gasteiger partial charge in [-0.1, -0.05) is 41.4 Å². The van der Waals surface area contributed by atoms with E-state index in [4.69, 9.17) is 11.6 Å². The van der Waals surface area contributed by atoms with E-state index in [1.165, 1.54) is 31.1 Å². The van der Waals surface area contributed by atoms with Gasteiger partial charge in [-0.25, -0.2) is 8.42 Å². The van der Waals surface area contributed by atoms with Crippen molar-refractivity contribution in [2.24, 2.45) is 0 Å². The van der Waals surface area contributed by atoms with E-state index < -0.39 is 28.5 Å². The number of benzene rings is 2. The Bertz CT molecular complexity index is 992. The molecule has 162 valence electrons. The highest BCUT2D eigenvalue weighted by Crippen LogP contribution is 2.17. The minimum Gasteiger partial charge on any atom is -0.357 e. The minimum atomic E-state index is -3.85. The van der Waals surface area contributed by atoms with E-state index >= 15 is 0 Å². The van der Waals surface area contributed by atoms with Crippen molar-refractivity contribution in [3.8, 4) is 0 Å². The van der Waals surface area contributed by atoms with Crippen molar-refractivity contribution in [2.45, 2.75) is 31.3 Å². The molecule has 1 N–H and O–H groups in total. The van der Waals surface area contributed by atoms with Gasteiger partial charge in [0.25, 0.3) is 0 Å². The Morgan fingerprint density at radius 1 is 1.07 bits per heavy atom. The molecule has 0 unspecified atom stereocenters. The molecule has 7 nitrogen and oxygen atoms in total. The van der Waals surface area contributed by atoms with E-state index in [0.29, 0.717) is 5.02 Å². The molecule has 1 atom stereocenters. The van der Waals surface area contributed by atoms with Gasteiger partial charge in [0, 0.05) is 25.7 Å². The first-order valence-electron chi connectivity index (χ1n) is 9.34. The number of hydrogen-bond acceptors (Lipinski definition) is 4. The highest BCUT2D eigenvalue weighted by molar-refractivity contribution is 7.89. The second-order valence-electron chi connectivity index (χ2n) is 7.01. The van der Waals surface area contributed by atoms with Gasteiger partial charge in [-0.3, -0.25) is 9.59 Å². The number of likely N-dealkylation sites (N-methyl/N-ethyl adjacent to an activating group) is 2. The SMILES string of the molecule is CNC(=O)[C@@H](C)N(Cc1ccc(Cl)cc1)C(=O)CN(C)S(=O)(=O)c1ccc(C)cc1. The Balaban J connectivity index is 2.24. The van der Waals surface area contributed by atoms with Crippen LogP contribution in [0.4, 0.5) is 0 Å². The van der Waals surface area contributed by atoms with E-state index in [1.54, 1.807) is 43.3 Å². The highest BCUT2D eigenvalue weighted by Gasteiger charge is 2.29. The third-order valence-corrected chi connectivity index (χ3v) is 6.84. The summed E-state index contributed by atoms with van der Waals surface area (Å²) >= 11 is 5.92. The molecule has 9 heteroatoms. The van der Waals surface area contributed by atoms with E-state index in [-0.39, 0.29) is 17.3 Å². The molecule has 0 saturated carbocycles. The number of aryl methyl sites for hydroxylation is 1. The quantitative estimate of drug-likeness (QED) is 0.667. The van der Waals surface area contributed by atoms with Gasteiger partial charge in [0.05, 0.1) is 11.4 Å². The number of nitrogens with zero attached hydrogens (tertiary/aromatic N) is 2. The predicted molar refractivity (Wildman–Crippen MR) is 117 cm³/mol. The van der Waals surface area contributed by atoms with Crippen molar-refractivity contribution < 1.29 is 18.0 Å². The molecular weight excluding hydrogens is 426 g/mol. The summed E-state index contributed by atoms with van der Waals surface area (Å²) in [5.41, 5.74) is 1.70. The van der Waals surface area contributed by atoms with Gasteiger partial charge in [-0.2, -0.15) is 4.31 Å². The van der Waals surface area contributed by atoms with Crippen LogP contribution in [0.2, 0.25) is 5.02 Å². The van der Waals surface area contributed by atoms with Gasteiger partial charge in [0.1, 0.15) is 6.04 Å². The summed E-state index contributed by atoms with van der Waals surface area (Å²) in [5.74, 6) is -0.833. The number of halogens is 1. The van der Waals surface area contributed by atoms with Crippen LogP contribution < -0.4 is 5.32 Å². The van der Waals surface area contributed by atoms with Gasteiger partial charge < -0.3 is 10.2 Å². The van der Waals surface area contributed by atoms with Crippen molar-refractivity contribution in [2.75, 3.05) is 20.6 Å². The molecule has 0 saturated heterocycles. The maximum Gasteiger partial charge on any atom is 0.243 e. The van der Waals surface area contributed by atoms with Crippen LogP contribution in [0.25, 0.3) is 0 Å². The summed E-state index contributed by atoms with van der Waals surface area (Å²) in [6.45, 7) is 3.20. The standard InChI is InChI=1S/C21H26ClN3O4S/c1-15-5-11-19(12-6-15)30(28,29)24(4)14-20(26)25(16(2)21(27)23-3)13-17-7-9-18(22)10-8-17/h5-12,16H,13-14H2,1-4H3,(H,23,27)/t16-/m1/s1. The largest absolute Gasteiger partial charge is 0.357 e. The molecule has 0 aliphatic heterocycles. The molecule has 30 heavy (non-hydrogen) atoms. The molecule has 0 heterocycles. The average molecular weight is 452 g/mol. The van der Waals surface area contributed by atoms with Crippen LogP contribution in [0.1, 0.15) is 18.1 Å². The third kappa shape index (κ3) is 5.81. The fraction of sp³-hybridized carbons (Fsp3) is 0.333. The summed E-state index contributed by atoms with van der Waals surface area (Å²) in [6.07, 6.45) is 0. The molecule has 0 spiro atoms. The Kier molecular flexibility index (Phi) is 8.00. The number of hydrogen-bond donors (Lipinski definition) is 1. The van der Waals surface area contributed by atoms with Crippen LogP contribution in [-0.2, 0) is 26.2 Å². The second-order valence-corrected chi connectivity index (χ2v) is 9.49. The summed E-state index contributed by atoms with van der Waals surface area (Å²) in [5, 5.41) is 3.08. The zero-order valence-corrected chi connectivity index (χ0v) is 19.0. The van der Waals surface area contributed by atoms with E-state index in [1.807, 2.05) is 6.92 Å². The Labute approximate surface area is 182 Å². The topological polar surface area (TPSA) is 86.8 Å². The highest BCUT2D eigenvalue weighted by atomic mass is 35.5. The molecule has 0 radical (unpaired) electrons. The maximum absolute atomic E-state index is 13.0. The molecule has 0 aromatic heterocycles. The fourth-order valence-corrected chi connectivity index (χ4v) is 4.08. The van der Waals surface area contributed by atoms with Gasteiger partial charge >= 0.3 is 0 Å². The summed E-state index contributed by atoms with van der Waals surface area (Å²) in [4.78, 5) is 26.7. The van der Waals surface area contributed by atoms with Gasteiger partial charge in [0.15, 0.2) is 0 Å². The molecule has 0 aliphatic rings. The van der Waals surface area contributed by atoms with Crippen LogP contribution in [0.15, 0.2) is 53.4 Å². The lowest BCUT2D eigenvalue weighted by atomic mass is 10.1. The molecule has 2 aromatic rings. The van der Waals surface area contributed by atoms with E-state index in [9.17, 15) is 18.0 Å². The summed E-state index contributed by atoms with van der Waals surface area (Å²) in [6, 6.07) is 12.5. The molecule has 2 aromatic carbocycles. The maximum atomic E-state index is 13.0. The van der Waals surface area contributed by atoms with Crippen LogP contribution in [-0.4, -0.2) is 56.1 Å². The lowest BCUT2D eigenvalue weighted by molar-refractivity contribution is -0.140. The monoisotopic (exact) mass is 451 g/mol. The number of carbonyl (C=O) groups excluding carboxylic acids is 2. The molecule has 2 rings (SSSR count). The van der Waals surface area contributed by atoms with Crippen LogP contribution in [0.3, 0.4) is 0 Å². The van der Waals surface area contributed by atoms with Crippen molar-refractivity contribution in [1.82, 2.24) is 14.5 Å². The smallest absolute Gasteiger partial charge is 0.243 e. The first kappa shape index (κ1) is 23.9. The normalized spacial score (nSPS) is 12.5. The number of rotatable bonds is 8. The second kappa shape index (κ2) is 10.1. The summed E-state index contributed by atoms with van der Waals surface area (Å²) in [7, 11) is -1.02. The Morgan fingerprint density at radius 2 is 1.63 bits per heavy atom. The lowest BCUT2D eigenvalue weighted by Crippen LogP contribution is -2.50. The van der Waals surface area contributed by atoms with Crippen molar-refractivity contribution in [3.63, 3.8) is 0 Å². The van der Waals surface area contributed by atoms with E-state index in [0.717, 1.165) is 15.4 Å². The molecule has 2 amide bonds. The minimum absolute atomic E-state index is 0.104. The first-order chi connectivity index (χ1) is 14.1. The molecular formula is C21H26ClN3O4S. The molecule has 0 aliphatic carbocycles. The van der Waals surface area contributed by atoms with Crippen LogP contribution in [0, 0.1) is 6.92 Å². The zero-order chi connectivity index (χ0) is 22.5. The number of carbonyl (C=O) groups is 2. The van der Waals surface area contributed by atoms with Crippen LogP contribution in [0.5, 0.6) is 0 Å². The van der Waals surface area contributed by atoms with Crippen molar-refractivity contribution in [3.05, 3.63) is 64.7 Å². The fourth-order valence-electron chi connectivity index (χ4n) is 2.83. The first-order valence-corrected chi connectivity index (χ1v) is 11.2. The number of amides is 2. The predicted octanol–water partition coefficient (Wildman–Crippen LogP) is 2.43. The van der Waals surface area contributed by atoms with Gasteiger partial charge in [0.2, 0.25) is 21.8 Å². The van der Waals surface area contributed by atoms with Gasteiger partial charge in [-0.15, -0.1) is 0 Å². The Morgan fingerprint density at radius 3 is 2.17 bits per heavy atom. The zero-order valence-electron chi connectivity index (χ0n) is 17.4. The number of sulfonamides is 1. The average Bonchev–Trinajstić information content (AvgIpc) is 2.72. The lowest BCUT2D eigenvalue weighted by Gasteiger charge is -2.30. The van der Waals surface area contributed by atoms with Crippen molar-refractivity contribution in [1.29, 1.82) is 0 Å². The Hall–Kier alpha value is -2.42. The third-order valence-electron chi connectivity index (χ3n) is 4.77. The van der Waals surface area contributed by atoms with Crippen molar-refractivity contribution >= 4 is 33.4 Å². The van der Waals surface area contributed by atoms with Gasteiger partial charge in [-0.05, 0) is 43.7 Å². The molecule has 0 fully saturated rings. The van der Waals surface area contributed by atoms with E-state index in [2.05, 4.69) is 5.32 Å². The summed E-state index contributed by atoms with van der Waals surface area (Å²) < 4.78 is 26.6. The van der Waals surface area contributed by atoms with Crippen LogP contribution >= 0.6 is 11.6 Å². The number of nitrogens with one attached hydrogen (secondary N) is 1.